The number of hydrogen-bond acceptors (Lipinski definition) is 2. The van der Waals surface area contributed by atoms with Gasteiger partial charge in [0.25, 0.3) is 0 Å². The highest BCUT2D eigenvalue weighted by Gasteiger charge is 2.20. The second kappa shape index (κ2) is 8.92. The van der Waals surface area contributed by atoms with Crippen LogP contribution in [0.2, 0.25) is 0 Å². The Hall–Kier alpha value is -0.0800. The molecule has 1 rings (SSSR count). The van der Waals surface area contributed by atoms with Crippen LogP contribution in [0.4, 0.5) is 0 Å². The number of rotatable bonds is 8. The predicted octanol–water partition coefficient (Wildman–Crippen LogP) is 3.67. The molecule has 108 valence electrons. The molecule has 0 bridgehead atoms. The van der Waals surface area contributed by atoms with Crippen LogP contribution in [0.15, 0.2) is 0 Å². The van der Waals surface area contributed by atoms with Crippen molar-refractivity contribution in [3.63, 3.8) is 0 Å². The molecule has 0 atom stereocenters. The molecule has 1 aliphatic rings. The van der Waals surface area contributed by atoms with Gasteiger partial charge >= 0.3 is 0 Å². The molecule has 2 heteroatoms. The van der Waals surface area contributed by atoms with E-state index in [-0.39, 0.29) is 0 Å². The van der Waals surface area contributed by atoms with Crippen molar-refractivity contribution >= 4 is 0 Å². The minimum absolute atomic E-state index is 0.636. The van der Waals surface area contributed by atoms with Gasteiger partial charge in [0.15, 0.2) is 0 Å². The Balaban J connectivity index is 1.98. The zero-order valence-corrected chi connectivity index (χ0v) is 13.0. The molecule has 1 saturated carbocycles. The topological polar surface area (TPSA) is 15.3 Å². The van der Waals surface area contributed by atoms with Gasteiger partial charge in [-0.1, -0.05) is 27.2 Å². The summed E-state index contributed by atoms with van der Waals surface area (Å²) < 4.78 is 0. The molecule has 0 unspecified atom stereocenters. The molecule has 0 heterocycles. The van der Waals surface area contributed by atoms with Crippen LogP contribution in [0.1, 0.15) is 65.7 Å². The third-order valence-corrected chi connectivity index (χ3v) is 4.35. The maximum Gasteiger partial charge on any atom is 0.00924 e. The van der Waals surface area contributed by atoms with Gasteiger partial charge in [0, 0.05) is 12.1 Å². The average molecular weight is 254 g/mol. The van der Waals surface area contributed by atoms with Crippen molar-refractivity contribution in [1.29, 1.82) is 0 Å². The maximum absolute atomic E-state index is 3.49. The fourth-order valence-electron chi connectivity index (χ4n) is 2.92. The molecule has 2 nitrogen and oxygen atoms in total. The number of hydrogen-bond donors (Lipinski definition) is 1. The molecule has 0 amide bonds. The van der Waals surface area contributed by atoms with E-state index in [1.165, 1.54) is 58.0 Å². The van der Waals surface area contributed by atoms with Gasteiger partial charge in [-0.05, 0) is 64.6 Å². The molecule has 1 aliphatic carbocycles. The summed E-state index contributed by atoms with van der Waals surface area (Å²) in [6.07, 6.45) is 9.78. The van der Waals surface area contributed by atoms with Gasteiger partial charge in [0.05, 0.1) is 0 Å². The van der Waals surface area contributed by atoms with Crippen molar-refractivity contribution in [3.8, 4) is 0 Å². The van der Waals surface area contributed by atoms with Crippen LogP contribution in [0, 0.1) is 5.92 Å². The van der Waals surface area contributed by atoms with E-state index in [1.54, 1.807) is 0 Å². The predicted molar refractivity (Wildman–Crippen MR) is 81.0 cm³/mol. The second-order valence-electron chi connectivity index (χ2n) is 6.56. The molecule has 18 heavy (non-hydrogen) atoms. The summed E-state index contributed by atoms with van der Waals surface area (Å²) in [6, 6.07) is 1.51. The van der Waals surface area contributed by atoms with Gasteiger partial charge in [-0.25, -0.2) is 0 Å². The Morgan fingerprint density at radius 3 is 2.33 bits per heavy atom. The van der Waals surface area contributed by atoms with Crippen molar-refractivity contribution in [2.75, 3.05) is 20.1 Å². The van der Waals surface area contributed by atoms with Crippen molar-refractivity contribution < 1.29 is 0 Å². The Morgan fingerprint density at radius 1 is 1.06 bits per heavy atom. The SMILES string of the molecule is CC1CCC(N(C)CCCCCNC(C)C)CC1. The normalized spacial score (nSPS) is 25.0. The first-order valence-corrected chi connectivity index (χ1v) is 8.03. The Kier molecular flexibility index (Phi) is 7.92. The standard InChI is InChI=1S/C16H34N2/c1-14(2)17-12-6-5-7-13-18(4)16-10-8-15(3)9-11-16/h14-17H,5-13H2,1-4H3. The second-order valence-corrected chi connectivity index (χ2v) is 6.56. The Bertz CT molecular complexity index is 195. The number of nitrogens with zero attached hydrogens (tertiary/aromatic N) is 1. The van der Waals surface area contributed by atoms with Crippen molar-refractivity contribution in [2.45, 2.75) is 77.8 Å². The summed E-state index contributed by atoms with van der Waals surface area (Å²) in [7, 11) is 2.33. The average Bonchev–Trinajstić information content (AvgIpc) is 2.34. The van der Waals surface area contributed by atoms with E-state index in [0.717, 1.165) is 12.0 Å². The summed E-state index contributed by atoms with van der Waals surface area (Å²) >= 11 is 0. The quantitative estimate of drug-likeness (QED) is 0.665. The van der Waals surface area contributed by atoms with E-state index in [1.807, 2.05) is 0 Å². The van der Waals surface area contributed by atoms with Crippen molar-refractivity contribution in [3.05, 3.63) is 0 Å². The molecule has 0 saturated heterocycles. The highest BCUT2D eigenvalue weighted by molar-refractivity contribution is 4.76. The third-order valence-electron chi connectivity index (χ3n) is 4.35. The molecule has 0 aromatic heterocycles. The molecule has 1 fully saturated rings. The van der Waals surface area contributed by atoms with Crippen LogP contribution in [0.3, 0.4) is 0 Å². The van der Waals surface area contributed by atoms with Gasteiger partial charge in [-0.2, -0.15) is 0 Å². The van der Waals surface area contributed by atoms with Gasteiger partial charge < -0.3 is 10.2 Å². The highest BCUT2D eigenvalue weighted by Crippen LogP contribution is 2.26. The molecule has 0 aliphatic heterocycles. The maximum atomic E-state index is 3.49. The van der Waals surface area contributed by atoms with E-state index in [4.69, 9.17) is 0 Å². The van der Waals surface area contributed by atoms with Crippen LogP contribution >= 0.6 is 0 Å². The summed E-state index contributed by atoms with van der Waals surface area (Å²) in [5.74, 6) is 0.969. The molecular weight excluding hydrogens is 220 g/mol. The molecule has 1 N–H and O–H groups in total. The first kappa shape index (κ1) is 16.0. The van der Waals surface area contributed by atoms with Crippen LogP contribution in [-0.4, -0.2) is 37.1 Å². The summed E-state index contributed by atoms with van der Waals surface area (Å²) in [5, 5.41) is 3.49. The van der Waals surface area contributed by atoms with E-state index >= 15 is 0 Å². The van der Waals surface area contributed by atoms with Gasteiger partial charge in [0.2, 0.25) is 0 Å². The van der Waals surface area contributed by atoms with Crippen LogP contribution in [0.5, 0.6) is 0 Å². The summed E-state index contributed by atoms with van der Waals surface area (Å²) in [4.78, 5) is 2.61. The minimum Gasteiger partial charge on any atom is -0.315 e. The minimum atomic E-state index is 0.636. The molecule has 0 radical (unpaired) electrons. The van der Waals surface area contributed by atoms with Crippen LogP contribution < -0.4 is 5.32 Å². The molecular formula is C16H34N2. The largest absolute Gasteiger partial charge is 0.315 e. The van der Waals surface area contributed by atoms with Gasteiger partial charge in [-0.15, -0.1) is 0 Å². The zero-order valence-electron chi connectivity index (χ0n) is 13.0. The van der Waals surface area contributed by atoms with E-state index in [2.05, 4.69) is 38.0 Å². The number of unbranched alkanes of at least 4 members (excludes halogenated alkanes) is 2. The van der Waals surface area contributed by atoms with E-state index in [0.29, 0.717) is 6.04 Å². The lowest BCUT2D eigenvalue weighted by atomic mass is 9.87. The molecule has 0 aromatic carbocycles. The lowest BCUT2D eigenvalue weighted by Gasteiger charge is -2.33. The van der Waals surface area contributed by atoms with Gasteiger partial charge in [-0.3, -0.25) is 0 Å². The Morgan fingerprint density at radius 2 is 1.72 bits per heavy atom. The first-order valence-electron chi connectivity index (χ1n) is 8.03. The van der Waals surface area contributed by atoms with Crippen LogP contribution in [0.25, 0.3) is 0 Å². The summed E-state index contributed by atoms with van der Waals surface area (Å²) in [6.45, 7) is 9.32. The fraction of sp³-hybridized carbons (Fsp3) is 1.00. The molecule has 0 spiro atoms. The van der Waals surface area contributed by atoms with Gasteiger partial charge in [0.1, 0.15) is 0 Å². The van der Waals surface area contributed by atoms with Crippen molar-refractivity contribution in [1.82, 2.24) is 10.2 Å². The first-order chi connectivity index (χ1) is 8.59. The number of nitrogens with one attached hydrogen (secondary N) is 1. The third kappa shape index (κ3) is 6.75. The lowest BCUT2D eigenvalue weighted by molar-refractivity contribution is 0.167. The van der Waals surface area contributed by atoms with E-state index in [9.17, 15) is 0 Å². The highest BCUT2D eigenvalue weighted by atomic mass is 15.1. The fourth-order valence-corrected chi connectivity index (χ4v) is 2.92. The zero-order chi connectivity index (χ0) is 13.4. The van der Waals surface area contributed by atoms with E-state index < -0.39 is 0 Å². The van der Waals surface area contributed by atoms with Crippen molar-refractivity contribution in [2.24, 2.45) is 5.92 Å². The van der Waals surface area contributed by atoms with Crippen LogP contribution in [-0.2, 0) is 0 Å². The smallest absolute Gasteiger partial charge is 0.00924 e. The monoisotopic (exact) mass is 254 g/mol. The summed E-state index contributed by atoms with van der Waals surface area (Å²) in [5.41, 5.74) is 0. The Labute approximate surface area is 115 Å². The molecule has 0 aromatic rings. The lowest BCUT2D eigenvalue weighted by Crippen LogP contribution is -2.35.